The van der Waals surface area contributed by atoms with E-state index < -0.39 is 16.1 Å². The van der Waals surface area contributed by atoms with Gasteiger partial charge in [-0.25, -0.2) is 18.1 Å². The highest BCUT2D eigenvalue weighted by molar-refractivity contribution is 7.89. The van der Waals surface area contributed by atoms with Crippen molar-refractivity contribution in [3.05, 3.63) is 53.6 Å². The molecule has 1 atom stereocenters. The van der Waals surface area contributed by atoms with Crippen LogP contribution in [0.2, 0.25) is 5.02 Å². The SMILES string of the molecule is C[C@@H](Cn1ccc(-c2ccc(C#N)c(Cl)c2)n1)NS(=O)(=O)c1cn(C)cn1. The Morgan fingerprint density at radius 3 is 2.78 bits per heavy atom. The maximum atomic E-state index is 12.3. The lowest BCUT2D eigenvalue weighted by atomic mass is 10.1. The molecule has 0 saturated heterocycles. The first-order valence-corrected chi connectivity index (χ1v) is 9.88. The van der Waals surface area contributed by atoms with Crippen LogP contribution in [0.25, 0.3) is 11.3 Å². The van der Waals surface area contributed by atoms with E-state index in [-0.39, 0.29) is 5.03 Å². The van der Waals surface area contributed by atoms with Gasteiger partial charge in [0.25, 0.3) is 10.0 Å². The lowest BCUT2D eigenvalue weighted by molar-refractivity contribution is 0.493. The maximum Gasteiger partial charge on any atom is 0.259 e. The molecule has 0 saturated carbocycles. The number of nitrogens with zero attached hydrogens (tertiary/aromatic N) is 5. The van der Waals surface area contributed by atoms with Crippen molar-refractivity contribution in [2.75, 3.05) is 0 Å². The summed E-state index contributed by atoms with van der Waals surface area (Å²) in [5, 5.41) is 13.7. The van der Waals surface area contributed by atoms with Crippen LogP contribution in [0.5, 0.6) is 0 Å². The third-order valence-corrected chi connectivity index (χ3v) is 5.59. The molecule has 0 spiro atoms. The number of rotatable bonds is 6. The Balaban J connectivity index is 1.70. The average molecular weight is 405 g/mol. The molecular formula is C17H17ClN6O2S. The third-order valence-electron chi connectivity index (χ3n) is 3.80. The molecule has 8 nitrogen and oxygen atoms in total. The van der Waals surface area contributed by atoms with Crippen LogP contribution in [0.4, 0.5) is 0 Å². The third kappa shape index (κ3) is 4.36. The van der Waals surface area contributed by atoms with Gasteiger partial charge in [0.2, 0.25) is 0 Å². The van der Waals surface area contributed by atoms with Gasteiger partial charge >= 0.3 is 0 Å². The number of aryl methyl sites for hydroxylation is 1. The van der Waals surface area contributed by atoms with Crippen molar-refractivity contribution in [1.82, 2.24) is 24.1 Å². The normalized spacial score (nSPS) is 12.7. The molecule has 27 heavy (non-hydrogen) atoms. The Bertz CT molecular complexity index is 1110. The molecule has 10 heteroatoms. The van der Waals surface area contributed by atoms with Crippen LogP contribution in [-0.4, -0.2) is 33.8 Å². The van der Waals surface area contributed by atoms with Gasteiger partial charge < -0.3 is 4.57 Å². The highest BCUT2D eigenvalue weighted by Gasteiger charge is 2.20. The first-order chi connectivity index (χ1) is 12.8. The van der Waals surface area contributed by atoms with Crippen LogP contribution in [0.15, 0.2) is 48.0 Å². The number of hydrogen-bond acceptors (Lipinski definition) is 5. The van der Waals surface area contributed by atoms with Crippen LogP contribution >= 0.6 is 11.6 Å². The molecule has 3 aromatic rings. The smallest absolute Gasteiger partial charge is 0.259 e. The fraction of sp³-hybridized carbons (Fsp3) is 0.235. The summed E-state index contributed by atoms with van der Waals surface area (Å²) in [5.41, 5.74) is 1.86. The van der Waals surface area contributed by atoms with Crippen LogP contribution in [-0.2, 0) is 23.6 Å². The molecule has 0 amide bonds. The second-order valence-corrected chi connectivity index (χ2v) is 8.20. The molecule has 0 unspecified atom stereocenters. The summed E-state index contributed by atoms with van der Waals surface area (Å²) in [6.07, 6.45) is 4.63. The Kier molecular flexibility index (Phi) is 5.32. The van der Waals surface area contributed by atoms with Gasteiger partial charge in [-0.1, -0.05) is 17.7 Å². The molecule has 0 aliphatic carbocycles. The minimum Gasteiger partial charge on any atom is -0.339 e. The molecule has 140 valence electrons. The highest BCUT2D eigenvalue weighted by atomic mass is 35.5. The fourth-order valence-corrected chi connectivity index (χ4v) is 3.99. The standard InChI is InChI=1S/C17H17ClN6O2S/c1-12(22-27(25,26)17-10-23(2)11-20-17)9-24-6-5-16(21-24)13-3-4-14(8-19)15(18)7-13/h3-7,10-12,22H,9H2,1-2H3/t12-/m0/s1. The lowest BCUT2D eigenvalue weighted by Crippen LogP contribution is -2.36. The highest BCUT2D eigenvalue weighted by Crippen LogP contribution is 2.24. The summed E-state index contributed by atoms with van der Waals surface area (Å²) in [6.45, 7) is 2.09. The molecule has 3 rings (SSSR count). The minimum atomic E-state index is -3.69. The second-order valence-electron chi connectivity index (χ2n) is 6.13. The Hall–Kier alpha value is -2.67. The zero-order chi connectivity index (χ0) is 19.6. The van der Waals surface area contributed by atoms with E-state index in [2.05, 4.69) is 14.8 Å². The molecule has 0 radical (unpaired) electrons. The van der Waals surface area contributed by atoms with Crippen molar-refractivity contribution in [3.8, 4) is 17.3 Å². The van der Waals surface area contributed by atoms with Crippen molar-refractivity contribution in [1.29, 1.82) is 5.26 Å². The number of sulfonamides is 1. The van der Waals surface area contributed by atoms with Crippen LogP contribution in [0.1, 0.15) is 12.5 Å². The Labute approximate surface area is 162 Å². The van der Waals surface area contributed by atoms with Gasteiger partial charge in [0.15, 0.2) is 5.03 Å². The van der Waals surface area contributed by atoms with Crippen molar-refractivity contribution in [2.45, 2.75) is 24.5 Å². The van der Waals surface area contributed by atoms with E-state index in [4.69, 9.17) is 16.9 Å². The summed E-state index contributed by atoms with van der Waals surface area (Å²) < 4.78 is 30.4. The predicted octanol–water partition coefficient (Wildman–Crippen LogP) is 2.18. The summed E-state index contributed by atoms with van der Waals surface area (Å²) in [6, 6.07) is 8.51. The van der Waals surface area contributed by atoms with Gasteiger partial charge in [0.05, 0.1) is 29.2 Å². The van der Waals surface area contributed by atoms with Crippen molar-refractivity contribution in [2.24, 2.45) is 7.05 Å². The number of nitriles is 1. The van der Waals surface area contributed by atoms with Gasteiger partial charge in [-0.3, -0.25) is 4.68 Å². The van der Waals surface area contributed by atoms with Gasteiger partial charge in [-0.15, -0.1) is 0 Å². The molecule has 2 heterocycles. The van der Waals surface area contributed by atoms with Gasteiger partial charge in [-0.2, -0.15) is 10.4 Å². The van der Waals surface area contributed by atoms with E-state index in [9.17, 15) is 8.42 Å². The number of aromatic nitrogens is 4. The summed E-state index contributed by atoms with van der Waals surface area (Å²) >= 11 is 6.06. The van der Waals surface area contributed by atoms with Gasteiger partial charge in [0.1, 0.15) is 6.07 Å². The predicted molar refractivity (Wildman–Crippen MR) is 100 cm³/mol. The number of hydrogen-bond donors (Lipinski definition) is 1. The van der Waals surface area contributed by atoms with E-state index in [0.717, 1.165) is 5.56 Å². The molecule has 1 aromatic carbocycles. The molecule has 2 aromatic heterocycles. The van der Waals surface area contributed by atoms with E-state index in [0.29, 0.717) is 22.8 Å². The monoisotopic (exact) mass is 404 g/mol. The largest absolute Gasteiger partial charge is 0.339 e. The van der Waals surface area contributed by atoms with Crippen molar-refractivity contribution in [3.63, 3.8) is 0 Å². The van der Waals surface area contributed by atoms with Crippen molar-refractivity contribution < 1.29 is 8.42 Å². The molecule has 1 N–H and O–H groups in total. The van der Waals surface area contributed by atoms with Gasteiger partial charge in [0, 0.05) is 31.0 Å². The van der Waals surface area contributed by atoms with Gasteiger partial charge in [-0.05, 0) is 25.1 Å². The number of benzene rings is 1. The zero-order valence-electron chi connectivity index (χ0n) is 14.7. The average Bonchev–Trinajstić information content (AvgIpc) is 3.23. The molecule has 0 fully saturated rings. The van der Waals surface area contributed by atoms with E-state index in [1.165, 1.54) is 12.5 Å². The second kappa shape index (κ2) is 7.52. The van der Waals surface area contributed by atoms with E-state index in [1.807, 2.05) is 6.07 Å². The topological polar surface area (TPSA) is 106 Å². The molecular weight excluding hydrogens is 388 g/mol. The quantitative estimate of drug-likeness (QED) is 0.677. The first-order valence-electron chi connectivity index (χ1n) is 8.02. The number of halogens is 1. The fourth-order valence-electron chi connectivity index (χ4n) is 2.55. The first kappa shape index (κ1) is 19.1. The Morgan fingerprint density at radius 2 is 2.15 bits per heavy atom. The number of nitrogens with one attached hydrogen (secondary N) is 1. The van der Waals surface area contributed by atoms with Crippen LogP contribution in [0.3, 0.4) is 0 Å². The van der Waals surface area contributed by atoms with E-state index in [1.54, 1.807) is 53.7 Å². The molecule has 0 aliphatic rings. The van der Waals surface area contributed by atoms with Crippen molar-refractivity contribution >= 4 is 21.6 Å². The van der Waals surface area contributed by atoms with E-state index >= 15 is 0 Å². The van der Waals surface area contributed by atoms with Crippen LogP contribution in [0, 0.1) is 11.3 Å². The minimum absolute atomic E-state index is 0.0229. The number of imidazole rings is 1. The zero-order valence-corrected chi connectivity index (χ0v) is 16.2. The summed E-state index contributed by atoms with van der Waals surface area (Å²) in [5.74, 6) is 0. The summed E-state index contributed by atoms with van der Waals surface area (Å²) in [4.78, 5) is 3.87. The lowest BCUT2D eigenvalue weighted by Gasteiger charge is -2.13. The molecule has 0 bridgehead atoms. The Morgan fingerprint density at radius 1 is 1.37 bits per heavy atom. The molecule has 0 aliphatic heterocycles. The maximum absolute atomic E-state index is 12.3. The van der Waals surface area contributed by atoms with Crippen LogP contribution < -0.4 is 4.72 Å². The summed E-state index contributed by atoms with van der Waals surface area (Å²) in [7, 11) is -1.98.